The zero-order valence-corrected chi connectivity index (χ0v) is 12.1. The summed E-state index contributed by atoms with van der Waals surface area (Å²) in [4.78, 5) is 12.2. The zero-order chi connectivity index (χ0) is 11.3. The van der Waals surface area contributed by atoms with Gasteiger partial charge >= 0.3 is 5.97 Å². The SMILES string of the molecule is CCOC(=O)CSc1cc(Br)cc(Br)c1. The van der Waals surface area contributed by atoms with Crippen LogP contribution < -0.4 is 0 Å². The summed E-state index contributed by atoms with van der Waals surface area (Å²) in [5.74, 6) is 0.162. The quantitative estimate of drug-likeness (QED) is 0.607. The van der Waals surface area contributed by atoms with Crippen molar-refractivity contribution in [3.63, 3.8) is 0 Å². The second kappa shape index (κ2) is 6.55. The predicted molar refractivity (Wildman–Crippen MR) is 69.2 cm³/mol. The lowest BCUT2D eigenvalue weighted by molar-refractivity contribution is -0.139. The molecule has 0 saturated heterocycles. The van der Waals surface area contributed by atoms with Gasteiger partial charge in [0.15, 0.2) is 0 Å². The van der Waals surface area contributed by atoms with Crippen LogP contribution in [0.4, 0.5) is 0 Å². The molecular formula is C10H10Br2O2S. The maximum Gasteiger partial charge on any atom is 0.316 e. The highest BCUT2D eigenvalue weighted by molar-refractivity contribution is 9.11. The normalized spacial score (nSPS) is 10.1. The van der Waals surface area contributed by atoms with Gasteiger partial charge in [0.05, 0.1) is 12.4 Å². The molecule has 0 aliphatic rings. The van der Waals surface area contributed by atoms with Crippen molar-refractivity contribution in [3.8, 4) is 0 Å². The van der Waals surface area contributed by atoms with Crippen molar-refractivity contribution >= 4 is 49.6 Å². The minimum Gasteiger partial charge on any atom is -0.465 e. The van der Waals surface area contributed by atoms with Crippen LogP contribution in [0.25, 0.3) is 0 Å². The fourth-order valence-corrected chi connectivity index (χ4v) is 3.34. The van der Waals surface area contributed by atoms with Gasteiger partial charge in [-0.15, -0.1) is 11.8 Å². The maximum atomic E-state index is 11.1. The molecule has 0 radical (unpaired) electrons. The number of carbonyl (C=O) groups is 1. The Labute approximate surface area is 110 Å². The number of carbonyl (C=O) groups excluding carboxylic acids is 1. The van der Waals surface area contributed by atoms with Crippen LogP contribution in [0.5, 0.6) is 0 Å². The van der Waals surface area contributed by atoms with E-state index in [0.717, 1.165) is 13.8 Å². The van der Waals surface area contributed by atoms with Crippen LogP contribution >= 0.6 is 43.6 Å². The van der Waals surface area contributed by atoms with Crippen LogP contribution in [0.15, 0.2) is 32.0 Å². The fourth-order valence-electron chi connectivity index (χ4n) is 0.957. The number of rotatable bonds is 4. The van der Waals surface area contributed by atoms with E-state index in [0.29, 0.717) is 12.4 Å². The Hall–Kier alpha value is -0.000000000000000111. The Bertz CT molecular complexity index is 335. The van der Waals surface area contributed by atoms with Crippen molar-refractivity contribution in [2.75, 3.05) is 12.4 Å². The summed E-state index contributed by atoms with van der Waals surface area (Å²) in [7, 11) is 0. The number of hydrogen-bond acceptors (Lipinski definition) is 3. The molecule has 82 valence electrons. The minimum atomic E-state index is -0.182. The predicted octanol–water partition coefficient (Wildman–Crippen LogP) is 3.87. The summed E-state index contributed by atoms with van der Waals surface area (Å²) in [6.07, 6.45) is 0. The van der Waals surface area contributed by atoms with E-state index in [-0.39, 0.29) is 5.97 Å². The van der Waals surface area contributed by atoms with Crippen molar-refractivity contribution < 1.29 is 9.53 Å². The highest BCUT2D eigenvalue weighted by Crippen LogP contribution is 2.26. The largest absolute Gasteiger partial charge is 0.465 e. The molecule has 1 aromatic carbocycles. The molecule has 0 bridgehead atoms. The van der Waals surface area contributed by atoms with E-state index in [1.54, 1.807) is 6.92 Å². The zero-order valence-electron chi connectivity index (χ0n) is 8.13. The fraction of sp³-hybridized carbons (Fsp3) is 0.300. The molecule has 0 saturated carbocycles. The Kier molecular flexibility index (Phi) is 5.71. The van der Waals surface area contributed by atoms with E-state index < -0.39 is 0 Å². The van der Waals surface area contributed by atoms with Gasteiger partial charge in [-0.3, -0.25) is 4.79 Å². The molecule has 0 aliphatic carbocycles. The van der Waals surface area contributed by atoms with E-state index >= 15 is 0 Å². The highest BCUT2D eigenvalue weighted by Gasteiger charge is 2.04. The average Bonchev–Trinajstić information content (AvgIpc) is 2.14. The lowest BCUT2D eigenvalue weighted by atomic mass is 10.4. The third kappa shape index (κ3) is 5.04. The molecule has 1 rings (SSSR count). The first-order valence-corrected chi connectivity index (χ1v) is 6.93. The molecule has 0 N–H and O–H groups in total. The summed E-state index contributed by atoms with van der Waals surface area (Å²) in [5, 5.41) is 0. The second-order valence-corrected chi connectivity index (χ2v) is 5.58. The monoisotopic (exact) mass is 352 g/mol. The number of ether oxygens (including phenoxy) is 1. The van der Waals surface area contributed by atoms with E-state index in [4.69, 9.17) is 4.74 Å². The molecule has 15 heavy (non-hydrogen) atoms. The van der Waals surface area contributed by atoms with E-state index in [9.17, 15) is 4.79 Å². The summed E-state index contributed by atoms with van der Waals surface area (Å²) in [6.45, 7) is 2.24. The number of esters is 1. The number of benzene rings is 1. The Morgan fingerprint density at radius 1 is 1.33 bits per heavy atom. The third-order valence-electron chi connectivity index (χ3n) is 1.50. The van der Waals surface area contributed by atoms with Gasteiger partial charge in [-0.05, 0) is 25.1 Å². The summed E-state index contributed by atoms with van der Waals surface area (Å²) in [5.41, 5.74) is 0. The summed E-state index contributed by atoms with van der Waals surface area (Å²) >= 11 is 8.24. The molecule has 2 nitrogen and oxygen atoms in total. The topological polar surface area (TPSA) is 26.3 Å². The molecule has 0 atom stereocenters. The molecule has 0 aromatic heterocycles. The van der Waals surface area contributed by atoms with Crippen LogP contribution in [0, 0.1) is 0 Å². The maximum absolute atomic E-state index is 11.1. The van der Waals surface area contributed by atoms with E-state index in [1.807, 2.05) is 18.2 Å². The lowest BCUT2D eigenvalue weighted by Crippen LogP contribution is -2.06. The van der Waals surface area contributed by atoms with Crippen LogP contribution in [-0.4, -0.2) is 18.3 Å². The van der Waals surface area contributed by atoms with Gasteiger partial charge in [0.2, 0.25) is 0 Å². The number of hydrogen-bond donors (Lipinski definition) is 0. The van der Waals surface area contributed by atoms with Crippen LogP contribution in [0.3, 0.4) is 0 Å². The Morgan fingerprint density at radius 3 is 2.47 bits per heavy atom. The molecule has 0 spiro atoms. The number of halogens is 2. The van der Waals surface area contributed by atoms with Gasteiger partial charge in [0.25, 0.3) is 0 Å². The van der Waals surface area contributed by atoms with Crippen molar-refractivity contribution in [1.29, 1.82) is 0 Å². The van der Waals surface area contributed by atoms with Crippen molar-refractivity contribution in [2.24, 2.45) is 0 Å². The Morgan fingerprint density at radius 2 is 1.93 bits per heavy atom. The first-order chi connectivity index (χ1) is 7.11. The van der Waals surface area contributed by atoms with Gasteiger partial charge in [-0.1, -0.05) is 31.9 Å². The average molecular weight is 354 g/mol. The third-order valence-corrected chi connectivity index (χ3v) is 3.36. The van der Waals surface area contributed by atoms with Crippen LogP contribution in [0.1, 0.15) is 6.92 Å². The van der Waals surface area contributed by atoms with Gasteiger partial charge < -0.3 is 4.74 Å². The molecule has 0 aliphatic heterocycles. The molecule has 0 heterocycles. The molecule has 0 unspecified atom stereocenters. The number of thioether (sulfide) groups is 1. The van der Waals surface area contributed by atoms with Crippen molar-refractivity contribution in [2.45, 2.75) is 11.8 Å². The van der Waals surface area contributed by atoms with Gasteiger partial charge in [0.1, 0.15) is 0 Å². The molecule has 0 fully saturated rings. The molecule has 0 amide bonds. The van der Waals surface area contributed by atoms with Crippen LogP contribution in [0.2, 0.25) is 0 Å². The van der Waals surface area contributed by atoms with Gasteiger partial charge in [-0.2, -0.15) is 0 Å². The van der Waals surface area contributed by atoms with Crippen molar-refractivity contribution in [1.82, 2.24) is 0 Å². The standard InChI is InChI=1S/C10H10Br2O2S/c1-2-14-10(13)6-15-9-4-7(11)3-8(12)5-9/h3-5H,2,6H2,1H3. The molecule has 1 aromatic rings. The highest BCUT2D eigenvalue weighted by atomic mass is 79.9. The van der Waals surface area contributed by atoms with E-state index in [2.05, 4.69) is 31.9 Å². The van der Waals surface area contributed by atoms with E-state index in [1.165, 1.54) is 11.8 Å². The summed E-state index contributed by atoms with van der Waals surface area (Å²) < 4.78 is 6.82. The smallest absolute Gasteiger partial charge is 0.316 e. The van der Waals surface area contributed by atoms with Crippen LogP contribution in [-0.2, 0) is 9.53 Å². The second-order valence-electron chi connectivity index (χ2n) is 2.70. The molecule has 5 heteroatoms. The minimum absolute atomic E-state index is 0.182. The first-order valence-electron chi connectivity index (χ1n) is 4.36. The Balaban J connectivity index is 2.54. The van der Waals surface area contributed by atoms with Gasteiger partial charge in [-0.25, -0.2) is 0 Å². The van der Waals surface area contributed by atoms with Gasteiger partial charge in [0, 0.05) is 13.8 Å². The first kappa shape index (κ1) is 13.1. The lowest BCUT2D eigenvalue weighted by Gasteiger charge is -2.03. The summed E-state index contributed by atoms with van der Waals surface area (Å²) in [6, 6.07) is 5.89. The van der Waals surface area contributed by atoms with Crippen molar-refractivity contribution in [3.05, 3.63) is 27.1 Å². The molecular weight excluding hydrogens is 344 g/mol.